The number of hydrogen-bond acceptors (Lipinski definition) is 6. The molecule has 0 saturated carbocycles. The summed E-state index contributed by atoms with van der Waals surface area (Å²) < 4.78 is 5.51. The van der Waals surface area contributed by atoms with Crippen molar-refractivity contribution in [1.82, 2.24) is 14.9 Å². The van der Waals surface area contributed by atoms with Crippen LogP contribution in [0.3, 0.4) is 0 Å². The van der Waals surface area contributed by atoms with Crippen LogP contribution in [0.4, 0.5) is 5.69 Å². The Kier molecular flexibility index (Phi) is 6.26. The quantitative estimate of drug-likeness (QED) is 0.653. The molecule has 0 aliphatic carbocycles. The minimum absolute atomic E-state index is 0.537. The Labute approximate surface area is 177 Å². The molecule has 156 valence electrons. The molecule has 0 radical (unpaired) electrons. The molecule has 0 amide bonds. The maximum absolute atomic E-state index is 11.6. The van der Waals surface area contributed by atoms with Gasteiger partial charge in [-0.3, -0.25) is 14.9 Å². The number of benzene rings is 1. The zero-order chi connectivity index (χ0) is 20.8. The molecule has 1 aliphatic heterocycles. The molecule has 1 saturated heterocycles. The van der Waals surface area contributed by atoms with Crippen LogP contribution in [0.1, 0.15) is 17.8 Å². The van der Waals surface area contributed by atoms with Crippen LogP contribution in [0.2, 0.25) is 0 Å². The highest BCUT2D eigenvalue weighted by Crippen LogP contribution is 2.31. The molecule has 1 aromatic carbocycles. The third-order valence-corrected chi connectivity index (χ3v) is 5.77. The van der Waals surface area contributed by atoms with Crippen LogP contribution >= 0.6 is 0 Å². The second-order valence-corrected chi connectivity index (χ2v) is 7.54. The Balaban J connectivity index is 1.43. The van der Waals surface area contributed by atoms with E-state index >= 15 is 0 Å². The van der Waals surface area contributed by atoms with Gasteiger partial charge in [0.15, 0.2) is 0 Å². The second-order valence-electron chi connectivity index (χ2n) is 7.54. The van der Waals surface area contributed by atoms with Gasteiger partial charge < -0.3 is 14.7 Å². The predicted molar refractivity (Wildman–Crippen MR) is 118 cm³/mol. The van der Waals surface area contributed by atoms with E-state index in [9.17, 15) is 5.11 Å². The van der Waals surface area contributed by atoms with Gasteiger partial charge in [0.25, 0.3) is 0 Å². The third-order valence-electron chi connectivity index (χ3n) is 5.77. The number of nitrogens with zero attached hydrogens (tertiary/aromatic N) is 4. The van der Waals surface area contributed by atoms with Gasteiger partial charge in [-0.15, -0.1) is 0 Å². The first-order chi connectivity index (χ1) is 14.7. The number of para-hydroxylation sites is 2. The van der Waals surface area contributed by atoms with Crippen molar-refractivity contribution in [2.75, 3.05) is 44.7 Å². The summed E-state index contributed by atoms with van der Waals surface area (Å²) in [5.41, 5.74) is 1.20. The highest BCUT2D eigenvalue weighted by molar-refractivity contribution is 5.58. The first-order valence-electron chi connectivity index (χ1n) is 10.4. The van der Waals surface area contributed by atoms with Crippen LogP contribution in [-0.4, -0.2) is 59.8 Å². The SMILES string of the molecule is COc1ccccc1N1CCN(CCC(O)(c2ccccn2)c2ccccn2)CC1. The van der Waals surface area contributed by atoms with Crippen LogP contribution in [0.15, 0.2) is 73.1 Å². The van der Waals surface area contributed by atoms with Gasteiger partial charge in [0.05, 0.1) is 24.2 Å². The molecular formula is C24H28N4O2. The lowest BCUT2D eigenvalue weighted by molar-refractivity contribution is 0.0484. The van der Waals surface area contributed by atoms with Gasteiger partial charge in [-0.2, -0.15) is 0 Å². The molecule has 0 unspecified atom stereocenters. The molecule has 6 nitrogen and oxygen atoms in total. The molecule has 1 aliphatic rings. The average molecular weight is 405 g/mol. The van der Waals surface area contributed by atoms with E-state index in [1.807, 2.05) is 54.6 Å². The van der Waals surface area contributed by atoms with Gasteiger partial charge in [0, 0.05) is 51.5 Å². The zero-order valence-corrected chi connectivity index (χ0v) is 17.3. The van der Waals surface area contributed by atoms with E-state index < -0.39 is 5.60 Å². The largest absolute Gasteiger partial charge is 0.495 e. The van der Waals surface area contributed by atoms with Gasteiger partial charge in [0.1, 0.15) is 11.4 Å². The molecule has 0 bridgehead atoms. The van der Waals surface area contributed by atoms with Crippen LogP contribution in [0, 0.1) is 0 Å². The van der Waals surface area contributed by atoms with E-state index in [1.165, 1.54) is 0 Å². The highest BCUT2D eigenvalue weighted by Gasteiger charge is 2.35. The lowest BCUT2D eigenvalue weighted by atomic mass is 9.90. The van der Waals surface area contributed by atoms with Crippen LogP contribution in [-0.2, 0) is 5.60 Å². The molecule has 3 heterocycles. The fraction of sp³-hybridized carbons (Fsp3) is 0.333. The summed E-state index contributed by atoms with van der Waals surface area (Å²) >= 11 is 0. The maximum atomic E-state index is 11.6. The number of methoxy groups -OCH3 is 1. The van der Waals surface area contributed by atoms with Crippen molar-refractivity contribution < 1.29 is 9.84 Å². The Hall–Kier alpha value is -2.96. The van der Waals surface area contributed by atoms with Crippen molar-refractivity contribution in [3.8, 4) is 5.75 Å². The van der Waals surface area contributed by atoms with E-state index in [1.54, 1.807) is 19.5 Å². The fourth-order valence-electron chi connectivity index (χ4n) is 4.03. The smallest absolute Gasteiger partial charge is 0.149 e. The summed E-state index contributed by atoms with van der Waals surface area (Å²) in [4.78, 5) is 13.6. The summed E-state index contributed by atoms with van der Waals surface area (Å²) in [5.74, 6) is 0.908. The Morgan fingerprint density at radius 2 is 1.47 bits per heavy atom. The summed E-state index contributed by atoms with van der Waals surface area (Å²) in [5, 5.41) is 11.6. The zero-order valence-electron chi connectivity index (χ0n) is 17.3. The van der Waals surface area contributed by atoms with Gasteiger partial charge in [-0.05, 0) is 36.4 Å². The lowest BCUT2D eigenvalue weighted by Crippen LogP contribution is -2.48. The summed E-state index contributed by atoms with van der Waals surface area (Å²) in [6.45, 7) is 4.47. The van der Waals surface area contributed by atoms with Crippen LogP contribution < -0.4 is 9.64 Å². The van der Waals surface area contributed by atoms with E-state index in [2.05, 4.69) is 25.8 Å². The Bertz CT molecular complexity index is 889. The molecule has 6 heteroatoms. The molecule has 1 fully saturated rings. The second kappa shape index (κ2) is 9.24. The Morgan fingerprint density at radius 3 is 2.03 bits per heavy atom. The number of aromatic nitrogens is 2. The minimum atomic E-state index is -1.21. The number of pyridine rings is 2. The predicted octanol–water partition coefficient (Wildman–Crippen LogP) is 2.93. The Morgan fingerprint density at radius 1 is 0.867 bits per heavy atom. The first kappa shape index (κ1) is 20.3. The van der Waals surface area contributed by atoms with Crippen molar-refractivity contribution in [2.45, 2.75) is 12.0 Å². The third kappa shape index (κ3) is 4.30. The number of hydrogen-bond donors (Lipinski definition) is 1. The normalized spacial score (nSPS) is 15.2. The van der Waals surface area contributed by atoms with Gasteiger partial charge in [-0.1, -0.05) is 24.3 Å². The number of aliphatic hydroxyl groups is 1. The molecule has 4 rings (SSSR count). The van der Waals surface area contributed by atoms with Gasteiger partial charge in [0.2, 0.25) is 0 Å². The molecule has 2 aromatic heterocycles. The number of anilines is 1. The maximum Gasteiger partial charge on any atom is 0.149 e. The van der Waals surface area contributed by atoms with Gasteiger partial charge in [-0.25, -0.2) is 0 Å². The molecule has 30 heavy (non-hydrogen) atoms. The average Bonchev–Trinajstić information content (AvgIpc) is 2.84. The van der Waals surface area contributed by atoms with Gasteiger partial charge >= 0.3 is 0 Å². The lowest BCUT2D eigenvalue weighted by Gasteiger charge is -2.38. The van der Waals surface area contributed by atoms with Crippen molar-refractivity contribution in [1.29, 1.82) is 0 Å². The van der Waals surface area contributed by atoms with E-state index in [4.69, 9.17) is 4.74 Å². The summed E-state index contributed by atoms with van der Waals surface area (Å²) in [6.07, 6.45) is 3.97. The number of piperazine rings is 1. The first-order valence-corrected chi connectivity index (χ1v) is 10.4. The summed E-state index contributed by atoms with van der Waals surface area (Å²) in [6, 6.07) is 19.4. The fourth-order valence-corrected chi connectivity index (χ4v) is 4.03. The monoisotopic (exact) mass is 404 g/mol. The molecule has 3 aromatic rings. The molecule has 0 atom stereocenters. The highest BCUT2D eigenvalue weighted by atomic mass is 16.5. The summed E-state index contributed by atoms with van der Waals surface area (Å²) in [7, 11) is 1.71. The molecule has 0 spiro atoms. The van der Waals surface area contributed by atoms with Crippen molar-refractivity contribution in [2.24, 2.45) is 0 Å². The van der Waals surface area contributed by atoms with Crippen LogP contribution in [0.5, 0.6) is 5.75 Å². The molecule has 1 N–H and O–H groups in total. The molecular weight excluding hydrogens is 376 g/mol. The topological polar surface area (TPSA) is 61.7 Å². The number of ether oxygens (including phenoxy) is 1. The van der Waals surface area contributed by atoms with Crippen molar-refractivity contribution in [3.63, 3.8) is 0 Å². The van der Waals surface area contributed by atoms with E-state index in [0.717, 1.165) is 44.2 Å². The minimum Gasteiger partial charge on any atom is -0.495 e. The van der Waals surface area contributed by atoms with Crippen molar-refractivity contribution in [3.05, 3.63) is 84.4 Å². The standard InChI is InChI=1S/C24H28N4O2/c1-30-21-9-3-2-8-20(21)28-18-16-27(17-19-28)15-12-24(29,22-10-4-6-13-25-22)23-11-5-7-14-26-23/h2-11,13-14,29H,12,15-19H2,1H3. The van der Waals surface area contributed by atoms with E-state index in [-0.39, 0.29) is 0 Å². The van der Waals surface area contributed by atoms with Crippen LogP contribution in [0.25, 0.3) is 0 Å². The van der Waals surface area contributed by atoms with Crippen molar-refractivity contribution >= 4 is 5.69 Å². The number of rotatable bonds is 7. The van der Waals surface area contributed by atoms with E-state index in [0.29, 0.717) is 17.8 Å².